The van der Waals surface area contributed by atoms with Gasteiger partial charge in [-0.2, -0.15) is 5.10 Å². The molecule has 2 aromatic rings. The van der Waals surface area contributed by atoms with Crippen molar-refractivity contribution in [2.75, 3.05) is 6.61 Å². The Balaban J connectivity index is 1.92. The summed E-state index contributed by atoms with van der Waals surface area (Å²) in [7, 11) is 1.84. The summed E-state index contributed by atoms with van der Waals surface area (Å²) in [6.07, 6.45) is 8.80. The molecule has 2 atom stereocenters. The number of nitrogens with zero attached hydrogens (tertiary/aromatic N) is 2. The normalized spacial score (nSPS) is 12.8. The minimum atomic E-state index is -0.242. The summed E-state index contributed by atoms with van der Waals surface area (Å²) in [6.45, 7) is 4.04. The van der Waals surface area contributed by atoms with E-state index < -0.39 is 0 Å². The van der Waals surface area contributed by atoms with Gasteiger partial charge in [-0.15, -0.1) is 6.42 Å². The van der Waals surface area contributed by atoms with Gasteiger partial charge >= 0.3 is 6.03 Å². The number of terminal acetylenes is 1. The maximum absolute atomic E-state index is 12.2. The highest BCUT2D eigenvalue weighted by Gasteiger charge is 2.14. The summed E-state index contributed by atoms with van der Waals surface area (Å²) in [4.78, 5) is 12.2. The fourth-order valence-corrected chi connectivity index (χ4v) is 2.26. The maximum atomic E-state index is 12.2. The van der Waals surface area contributed by atoms with E-state index in [1.165, 1.54) is 0 Å². The van der Waals surface area contributed by atoms with Crippen molar-refractivity contribution < 1.29 is 9.53 Å². The van der Waals surface area contributed by atoms with Gasteiger partial charge in [0.25, 0.3) is 0 Å². The molecule has 0 bridgehead atoms. The molecule has 6 heteroatoms. The summed E-state index contributed by atoms with van der Waals surface area (Å²) in [5.74, 6) is 3.11. The molecular formula is C18H22N4O2. The smallest absolute Gasteiger partial charge is 0.315 e. The molecule has 0 unspecified atom stereocenters. The van der Waals surface area contributed by atoms with Gasteiger partial charge in [0.05, 0.1) is 18.3 Å². The Hall–Kier alpha value is -2.94. The lowest BCUT2D eigenvalue weighted by atomic mass is 10.1. The number of aryl methyl sites for hydroxylation is 1. The number of urea groups is 1. The first-order chi connectivity index (χ1) is 11.5. The Kier molecular flexibility index (Phi) is 5.85. The number of ether oxygens (including phenoxy) is 1. The van der Waals surface area contributed by atoms with Crippen LogP contribution in [0.1, 0.15) is 37.1 Å². The fourth-order valence-electron chi connectivity index (χ4n) is 2.26. The van der Waals surface area contributed by atoms with Crippen LogP contribution in [0, 0.1) is 12.3 Å². The van der Waals surface area contributed by atoms with Crippen LogP contribution in [0.15, 0.2) is 36.7 Å². The van der Waals surface area contributed by atoms with Gasteiger partial charge in [0.1, 0.15) is 12.4 Å². The summed E-state index contributed by atoms with van der Waals surface area (Å²) in [5.41, 5.74) is 1.89. The first kappa shape index (κ1) is 17.4. The van der Waals surface area contributed by atoms with E-state index in [2.05, 4.69) is 21.7 Å². The number of rotatable bonds is 6. The Labute approximate surface area is 142 Å². The quantitative estimate of drug-likeness (QED) is 0.802. The molecule has 2 amide bonds. The van der Waals surface area contributed by atoms with Crippen molar-refractivity contribution in [1.82, 2.24) is 20.4 Å². The van der Waals surface area contributed by atoms with E-state index in [0.717, 1.165) is 11.1 Å². The molecular weight excluding hydrogens is 304 g/mol. The second kappa shape index (κ2) is 8.06. The molecule has 0 saturated carbocycles. The Morgan fingerprint density at radius 1 is 1.33 bits per heavy atom. The van der Waals surface area contributed by atoms with Crippen molar-refractivity contribution >= 4 is 6.03 Å². The van der Waals surface area contributed by atoms with Crippen molar-refractivity contribution in [2.45, 2.75) is 25.9 Å². The highest BCUT2D eigenvalue weighted by Crippen LogP contribution is 2.19. The van der Waals surface area contributed by atoms with Crippen LogP contribution in [0.5, 0.6) is 5.75 Å². The third kappa shape index (κ3) is 4.78. The van der Waals surface area contributed by atoms with E-state index >= 15 is 0 Å². The van der Waals surface area contributed by atoms with E-state index in [1.807, 2.05) is 51.4 Å². The summed E-state index contributed by atoms with van der Waals surface area (Å²) >= 11 is 0. The standard InChI is InChI=1S/C18H22N4O2/c1-5-9-24-17-8-6-7-15(10-17)13(2)20-18(23)21-14(3)16-11-19-22(4)12-16/h1,6-8,10-14H,9H2,2-4H3,(H2,20,21,23)/t13-,14-/m0/s1. The molecule has 1 heterocycles. The minimum Gasteiger partial charge on any atom is -0.481 e. The molecule has 126 valence electrons. The Morgan fingerprint density at radius 3 is 2.67 bits per heavy atom. The summed E-state index contributed by atoms with van der Waals surface area (Å²) in [6, 6.07) is 6.96. The summed E-state index contributed by atoms with van der Waals surface area (Å²) < 4.78 is 7.11. The van der Waals surface area contributed by atoms with Gasteiger partial charge in [0.2, 0.25) is 0 Å². The third-order valence-electron chi connectivity index (χ3n) is 3.60. The lowest BCUT2D eigenvalue weighted by Crippen LogP contribution is -2.38. The average Bonchev–Trinajstić information content (AvgIpc) is 2.99. The number of hydrogen-bond acceptors (Lipinski definition) is 3. The molecule has 6 nitrogen and oxygen atoms in total. The number of carbonyl (C=O) groups is 1. The first-order valence-electron chi connectivity index (χ1n) is 7.71. The van der Waals surface area contributed by atoms with Gasteiger partial charge < -0.3 is 15.4 Å². The third-order valence-corrected chi connectivity index (χ3v) is 3.60. The van der Waals surface area contributed by atoms with Crippen molar-refractivity contribution in [1.29, 1.82) is 0 Å². The number of amides is 2. The average molecular weight is 326 g/mol. The zero-order valence-corrected chi connectivity index (χ0v) is 14.1. The van der Waals surface area contributed by atoms with Crippen LogP contribution in [-0.4, -0.2) is 22.4 Å². The predicted molar refractivity (Wildman–Crippen MR) is 92.5 cm³/mol. The van der Waals surface area contributed by atoms with Crippen LogP contribution >= 0.6 is 0 Å². The molecule has 0 aliphatic heterocycles. The molecule has 0 aliphatic rings. The topological polar surface area (TPSA) is 68.2 Å². The molecule has 1 aromatic carbocycles. The summed E-state index contributed by atoms with van der Waals surface area (Å²) in [5, 5.41) is 9.92. The van der Waals surface area contributed by atoms with Crippen LogP contribution in [-0.2, 0) is 7.05 Å². The maximum Gasteiger partial charge on any atom is 0.315 e. The second-order valence-corrected chi connectivity index (χ2v) is 5.57. The van der Waals surface area contributed by atoms with Crippen LogP contribution in [0.2, 0.25) is 0 Å². The lowest BCUT2D eigenvalue weighted by Gasteiger charge is -2.18. The predicted octanol–water partition coefficient (Wildman–Crippen LogP) is 2.55. The molecule has 0 saturated heterocycles. The minimum absolute atomic E-state index is 0.129. The van der Waals surface area contributed by atoms with Crippen molar-refractivity contribution in [2.24, 2.45) is 7.05 Å². The first-order valence-corrected chi connectivity index (χ1v) is 7.71. The number of hydrogen-bond donors (Lipinski definition) is 2. The SMILES string of the molecule is C#CCOc1cccc([C@H](C)NC(=O)N[C@@H](C)c2cnn(C)c2)c1. The van der Waals surface area contributed by atoms with Gasteiger partial charge in [-0.1, -0.05) is 18.1 Å². The van der Waals surface area contributed by atoms with E-state index in [0.29, 0.717) is 5.75 Å². The molecule has 2 rings (SSSR count). The molecule has 0 radical (unpaired) electrons. The Morgan fingerprint density at radius 2 is 2.04 bits per heavy atom. The van der Waals surface area contributed by atoms with E-state index in [9.17, 15) is 4.79 Å². The van der Waals surface area contributed by atoms with Crippen LogP contribution in [0.3, 0.4) is 0 Å². The molecule has 2 N–H and O–H groups in total. The number of nitrogens with one attached hydrogen (secondary N) is 2. The highest BCUT2D eigenvalue weighted by molar-refractivity contribution is 5.74. The van der Waals surface area contributed by atoms with E-state index in [4.69, 9.17) is 11.2 Å². The van der Waals surface area contributed by atoms with Crippen molar-refractivity contribution in [3.63, 3.8) is 0 Å². The van der Waals surface area contributed by atoms with Crippen molar-refractivity contribution in [3.05, 3.63) is 47.8 Å². The zero-order valence-electron chi connectivity index (χ0n) is 14.1. The van der Waals surface area contributed by atoms with Gasteiger partial charge in [-0.3, -0.25) is 4.68 Å². The van der Waals surface area contributed by atoms with Crippen LogP contribution in [0.25, 0.3) is 0 Å². The van der Waals surface area contributed by atoms with E-state index in [-0.39, 0.29) is 24.7 Å². The molecule has 1 aromatic heterocycles. The monoisotopic (exact) mass is 326 g/mol. The Bertz CT molecular complexity index is 733. The van der Waals surface area contributed by atoms with E-state index in [1.54, 1.807) is 10.9 Å². The molecule has 0 fully saturated rings. The zero-order chi connectivity index (χ0) is 17.5. The lowest BCUT2D eigenvalue weighted by molar-refractivity contribution is 0.235. The highest BCUT2D eigenvalue weighted by atomic mass is 16.5. The van der Waals surface area contributed by atoms with Gasteiger partial charge in [0, 0.05) is 18.8 Å². The van der Waals surface area contributed by atoms with Gasteiger partial charge in [0.15, 0.2) is 0 Å². The fraction of sp³-hybridized carbons (Fsp3) is 0.333. The number of aromatic nitrogens is 2. The number of benzene rings is 1. The van der Waals surface area contributed by atoms with Gasteiger partial charge in [-0.05, 0) is 31.5 Å². The molecule has 0 aliphatic carbocycles. The number of carbonyl (C=O) groups excluding carboxylic acids is 1. The molecule has 24 heavy (non-hydrogen) atoms. The van der Waals surface area contributed by atoms with Crippen molar-refractivity contribution in [3.8, 4) is 18.1 Å². The molecule has 0 spiro atoms. The second-order valence-electron chi connectivity index (χ2n) is 5.57. The van der Waals surface area contributed by atoms with Gasteiger partial charge in [-0.25, -0.2) is 4.79 Å². The van der Waals surface area contributed by atoms with Crippen LogP contribution in [0.4, 0.5) is 4.79 Å². The van der Waals surface area contributed by atoms with Crippen LogP contribution < -0.4 is 15.4 Å². The largest absolute Gasteiger partial charge is 0.481 e.